The van der Waals surface area contributed by atoms with Crippen molar-refractivity contribution in [2.24, 2.45) is 0 Å². The minimum atomic E-state index is -0.117. The highest BCUT2D eigenvalue weighted by atomic mass is 16.2. The number of amides is 2. The Morgan fingerprint density at radius 1 is 1.11 bits per heavy atom. The summed E-state index contributed by atoms with van der Waals surface area (Å²) >= 11 is 0. The van der Waals surface area contributed by atoms with Crippen molar-refractivity contribution in [3.8, 4) is 0 Å². The predicted molar refractivity (Wildman–Crippen MR) is 105 cm³/mol. The Bertz CT molecular complexity index is 817. The molecule has 0 radical (unpaired) electrons. The molecule has 2 aromatic rings. The standard InChI is InChI=1S/C22H27N3O2/c1-16(22(27)25-13-12-18-6-4-5-7-20(18)15-25)24(3)14-17-8-10-19(11-9-17)21(26)23-2/h4-11,16H,12-15H2,1-3H3,(H,23,26)/p+1/t16-/m1/s1. The molecule has 1 heterocycles. The van der Waals surface area contributed by atoms with E-state index < -0.39 is 0 Å². The van der Waals surface area contributed by atoms with Gasteiger partial charge in [0, 0.05) is 31.3 Å². The maximum Gasteiger partial charge on any atom is 0.280 e. The summed E-state index contributed by atoms with van der Waals surface area (Å²) in [5.41, 5.74) is 4.37. The van der Waals surface area contributed by atoms with E-state index in [-0.39, 0.29) is 17.9 Å². The second-order valence-corrected chi connectivity index (χ2v) is 7.30. The summed E-state index contributed by atoms with van der Waals surface area (Å²) < 4.78 is 0. The Morgan fingerprint density at radius 2 is 1.78 bits per heavy atom. The molecule has 0 bridgehead atoms. The van der Waals surface area contributed by atoms with Gasteiger partial charge >= 0.3 is 0 Å². The minimum Gasteiger partial charge on any atom is -0.355 e. The van der Waals surface area contributed by atoms with Crippen molar-refractivity contribution >= 4 is 11.8 Å². The number of rotatable bonds is 5. The molecule has 2 N–H and O–H groups in total. The molecule has 142 valence electrons. The van der Waals surface area contributed by atoms with E-state index in [0.717, 1.165) is 30.0 Å². The Labute approximate surface area is 161 Å². The van der Waals surface area contributed by atoms with Gasteiger partial charge in [-0.3, -0.25) is 9.59 Å². The zero-order chi connectivity index (χ0) is 19.4. The van der Waals surface area contributed by atoms with Crippen LogP contribution in [0.25, 0.3) is 0 Å². The molecule has 5 heteroatoms. The molecule has 1 aliphatic heterocycles. The van der Waals surface area contributed by atoms with Crippen LogP contribution in [0.5, 0.6) is 0 Å². The monoisotopic (exact) mass is 366 g/mol. The number of quaternary nitrogens is 1. The van der Waals surface area contributed by atoms with E-state index in [4.69, 9.17) is 0 Å². The highest BCUT2D eigenvalue weighted by Crippen LogP contribution is 2.18. The largest absolute Gasteiger partial charge is 0.355 e. The summed E-state index contributed by atoms with van der Waals surface area (Å²) in [6, 6.07) is 15.8. The molecule has 2 atom stereocenters. The van der Waals surface area contributed by atoms with E-state index in [2.05, 4.69) is 23.5 Å². The summed E-state index contributed by atoms with van der Waals surface area (Å²) in [4.78, 5) is 27.7. The van der Waals surface area contributed by atoms with Gasteiger partial charge in [0.1, 0.15) is 6.54 Å². The van der Waals surface area contributed by atoms with Crippen LogP contribution in [0.4, 0.5) is 0 Å². The van der Waals surface area contributed by atoms with Crippen LogP contribution in [-0.4, -0.2) is 43.4 Å². The lowest BCUT2D eigenvalue weighted by Gasteiger charge is -2.32. The molecule has 3 rings (SSSR count). The van der Waals surface area contributed by atoms with Gasteiger partial charge in [0.2, 0.25) is 0 Å². The van der Waals surface area contributed by atoms with Crippen molar-refractivity contribution in [3.05, 3.63) is 70.8 Å². The third-order valence-electron chi connectivity index (χ3n) is 5.48. The fourth-order valence-electron chi connectivity index (χ4n) is 3.56. The highest BCUT2D eigenvalue weighted by Gasteiger charge is 2.29. The van der Waals surface area contributed by atoms with E-state index in [1.807, 2.05) is 49.2 Å². The van der Waals surface area contributed by atoms with Crippen molar-refractivity contribution in [2.75, 3.05) is 20.6 Å². The van der Waals surface area contributed by atoms with E-state index >= 15 is 0 Å². The van der Waals surface area contributed by atoms with Crippen LogP contribution in [0.3, 0.4) is 0 Å². The molecular formula is C22H28N3O2+. The molecular weight excluding hydrogens is 338 g/mol. The number of hydrogen-bond donors (Lipinski definition) is 2. The van der Waals surface area contributed by atoms with Crippen LogP contribution >= 0.6 is 0 Å². The number of carbonyl (C=O) groups is 2. The lowest BCUT2D eigenvalue weighted by Crippen LogP contribution is -3.12. The molecule has 0 saturated carbocycles. The van der Waals surface area contributed by atoms with E-state index in [1.54, 1.807) is 7.05 Å². The first kappa shape index (κ1) is 19.1. The summed E-state index contributed by atoms with van der Waals surface area (Å²) in [6.07, 6.45) is 0.925. The molecule has 27 heavy (non-hydrogen) atoms. The normalized spacial score (nSPS) is 15.6. The van der Waals surface area contributed by atoms with Crippen LogP contribution in [0.15, 0.2) is 48.5 Å². The van der Waals surface area contributed by atoms with Crippen LogP contribution in [0, 0.1) is 0 Å². The molecule has 0 aliphatic carbocycles. The number of likely N-dealkylation sites (N-methyl/N-ethyl adjacent to an activating group) is 1. The van der Waals surface area contributed by atoms with Crippen LogP contribution in [0.1, 0.15) is 34.0 Å². The first-order valence-electron chi connectivity index (χ1n) is 9.48. The van der Waals surface area contributed by atoms with Crippen molar-refractivity contribution in [3.63, 3.8) is 0 Å². The second kappa shape index (κ2) is 8.35. The number of hydrogen-bond acceptors (Lipinski definition) is 2. The molecule has 0 aromatic heterocycles. The van der Waals surface area contributed by atoms with Gasteiger partial charge in [-0.2, -0.15) is 0 Å². The number of carbonyl (C=O) groups excluding carboxylic acids is 2. The summed E-state index contributed by atoms with van der Waals surface area (Å²) in [5, 5.41) is 2.62. The minimum absolute atomic E-state index is 0.0869. The molecule has 1 unspecified atom stereocenters. The summed E-state index contributed by atoms with van der Waals surface area (Å²) in [6.45, 7) is 4.23. The molecule has 1 aliphatic rings. The van der Waals surface area contributed by atoms with Gasteiger partial charge in [0.05, 0.1) is 7.05 Å². The van der Waals surface area contributed by atoms with Crippen LogP contribution < -0.4 is 10.2 Å². The highest BCUT2D eigenvalue weighted by molar-refractivity contribution is 5.93. The Kier molecular flexibility index (Phi) is 5.91. The van der Waals surface area contributed by atoms with Crippen molar-refractivity contribution in [1.29, 1.82) is 0 Å². The number of nitrogens with one attached hydrogen (secondary N) is 2. The molecule has 5 nitrogen and oxygen atoms in total. The number of benzene rings is 2. The smallest absolute Gasteiger partial charge is 0.280 e. The fourth-order valence-corrected chi connectivity index (χ4v) is 3.56. The third-order valence-corrected chi connectivity index (χ3v) is 5.48. The van der Waals surface area contributed by atoms with Gasteiger partial charge in [-0.25, -0.2) is 0 Å². The Balaban J connectivity index is 1.61. The SMILES string of the molecule is CNC(=O)c1ccc(C[NH+](C)[C@H](C)C(=O)N2CCc3ccccc3C2)cc1. The number of nitrogens with zero attached hydrogens (tertiary/aromatic N) is 1. The molecule has 0 fully saturated rings. The van der Waals surface area contributed by atoms with Gasteiger partial charge < -0.3 is 15.1 Å². The molecule has 0 spiro atoms. The quantitative estimate of drug-likeness (QED) is 0.831. The van der Waals surface area contributed by atoms with E-state index in [0.29, 0.717) is 12.1 Å². The topological polar surface area (TPSA) is 53.9 Å². The first-order chi connectivity index (χ1) is 13.0. The first-order valence-corrected chi connectivity index (χ1v) is 9.48. The fraction of sp³-hybridized carbons (Fsp3) is 0.364. The molecule has 2 aromatic carbocycles. The van der Waals surface area contributed by atoms with Gasteiger partial charge in [-0.1, -0.05) is 36.4 Å². The molecule has 2 amide bonds. The van der Waals surface area contributed by atoms with Crippen LogP contribution in [-0.2, 0) is 24.3 Å². The average Bonchev–Trinajstić information content (AvgIpc) is 2.72. The van der Waals surface area contributed by atoms with E-state index in [1.165, 1.54) is 11.1 Å². The van der Waals surface area contributed by atoms with Crippen molar-refractivity contribution in [1.82, 2.24) is 10.2 Å². The van der Waals surface area contributed by atoms with Gasteiger partial charge in [-0.15, -0.1) is 0 Å². The van der Waals surface area contributed by atoms with Gasteiger partial charge in [0.15, 0.2) is 6.04 Å². The predicted octanol–water partition coefficient (Wildman–Crippen LogP) is 1.03. The van der Waals surface area contributed by atoms with Crippen molar-refractivity contribution < 1.29 is 14.5 Å². The lowest BCUT2D eigenvalue weighted by molar-refractivity contribution is -0.908. The maximum atomic E-state index is 13.0. The van der Waals surface area contributed by atoms with Crippen LogP contribution in [0.2, 0.25) is 0 Å². The third kappa shape index (κ3) is 4.37. The lowest BCUT2D eigenvalue weighted by atomic mass is 9.99. The summed E-state index contributed by atoms with van der Waals surface area (Å²) in [5.74, 6) is 0.111. The second-order valence-electron chi connectivity index (χ2n) is 7.30. The van der Waals surface area contributed by atoms with Gasteiger partial charge in [0.25, 0.3) is 11.8 Å². The average molecular weight is 366 g/mol. The zero-order valence-corrected chi connectivity index (χ0v) is 16.3. The van der Waals surface area contributed by atoms with E-state index in [9.17, 15) is 9.59 Å². The Hall–Kier alpha value is -2.66. The Morgan fingerprint density at radius 3 is 2.44 bits per heavy atom. The zero-order valence-electron chi connectivity index (χ0n) is 16.3. The molecule has 0 saturated heterocycles. The maximum absolute atomic E-state index is 13.0. The van der Waals surface area contributed by atoms with Crippen molar-refractivity contribution in [2.45, 2.75) is 32.5 Å². The summed E-state index contributed by atoms with van der Waals surface area (Å²) in [7, 11) is 3.67. The number of fused-ring (bicyclic) bond motifs is 1. The van der Waals surface area contributed by atoms with Gasteiger partial charge in [-0.05, 0) is 36.6 Å².